The van der Waals surface area contributed by atoms with Crippen molar-refractivity contribution >= 4 is 0 Å². The summed E-state index contributed by atoms with van der Waals surface area (Å²) in [6.07, 6.45) is 9.36. The van der Waals surface area contributed by atoms with Crippen molar-refractivity contribution in [2.75, 3.05) is 13.1 Å². The van der Waals surface area contributed by atoms with Crippen LogP contribution in [-0.2, 0) is 13.0 Å². The van der Waals surface area contributed by atoms with Crippen molar-refractivity contribution in [2.24, 2.45) is 5.92 Å². The molecule has 20 heavy (non-hydrogen) atoms. The minimum Gasteiger partial charge on any atom is -0.348 e. The van der Waals surface area contributed by atoms with Crippen LogP contribution in [-0.4, -0.2) is 32.9 Å². The van der Waals surface area contributed by atoms with E-state index in [1.807, 2.05) is 18.5 Å². The molecule has 1 fully saturated rings. The van der Waals surface area contributed by atoms with Crippen LogP contribution in [0.4, 0.5) is 0 Å². The number of rotatable bonds is 4. The van der Waals surface area contributed by atoms with E-state index in [-0.39, 0.29) is 0 Å². The number of hydrogen-bond acceptors (Lipinski definition) is 3. The topological polar surface area (TPSA) is 44.8 Å². The molecule has 1 aliphatic rings. The second kappa shape index (κ2) is 6.18. The Hall–Kier alpha value is -1.68. The third-order valence-corrected chi connectivity index (χ3v) is 4.26. The van der Waals surface area contributed by atoms with E-state index in [1.54, 1.807) is 6.33 Å². The highest BCUT2D eigenvalue weighted by atomic mass is 15.1. The average Bonchev–Trinajstić information content (AvgIpc) is 2.88. The van der Waals surface area contributed by atoms with Gasteiger partial charge < -0.3 is 4.98 Å². The maximum atomic E-state index is 4.39. The van der Waals surface area contributed by atoms with Crippen LogP contribution in [0.25, 0.3) is 0 Å². The summed E-state index contributed by atoms with van der Waals surface area (Å²) in [6.45, 7) is 5.43. The summed E-state index contributed by atoms with van der Waals surface area (Å²) in [6, 6.07) is 4.22. The van der Waals surface area contributed by atoms with Gasteiger partial charge in [0.2, 0.25) is 0 Å². The minimum atomic E-state index is 0.802. The Morgan fingerprint density at radius 3 is 2.85 bits per heavy atom. The molecule has 0 amide bonds. The van der Waals surface area contributed by atoms with E-state index >= 15 is 0 Å². The summed E-state index contributed by atoms with van der Waals surface area (Å²) < 4.78 is 0. The molecule has 4 heteroatoms. The van der Waals surface area contributed by atoms with E-state index < -0.39 is 0 Å². The summed E-state index contributed by atoms with van der Waals surface area (Å²) in [5.41, 5.74) is 3.76. The van der Waals surface area contributed by atoms with Crippen LogP contribution in [0.5, 0.6) is 0 Å². The number of imidazole rings is 1. The van der Waals surface area contributed by atoms with Crippen molar-refractivity contribution in [3.63, 3.8) is 0 Å². The Labute approximate surface area is 120 Å². The number of nitrogens with one attached hydrogen (secondary N) is 1. The molecule has 0 aromatic carbocycles. The molecule has 2 aromatic rings. The van der Waals surface area contributed by atoms with Crippen LogP contribution in [0.2, 0.25) is 0 Å². The molecule has 0 radical (unpaired) electrons. The highest BCUT2D eigenvalue weighted by Gasteiger charge is 2.20. The molecular weight excluding hydrogens is 248 g/mol. The van der Waals surface area contributed by atoms with E-state index in [0.29, 0.717) is 0 Å². The predicted octanol–water partition coefficient (Wildman–Crippen LogP) is 2.57. The Morgan fingerprint density at radius 1 is 1.35 bits per heavy atom. The van der Waals surface area contributed by atoms with Crippen LogP contribution in [0, 0.1) is 12.8 Å². The number of aryl methyl sites for hydroxylation is 1. The average molecular weight is 270 g/mol. The first-order valence-corrected chi connectivity index (χ1v) is 7.41. The van der Waals surface area contributed by atoms with Gasteiger partial charge in [-0.25, -0.2) is 4.98 Å². The smallest absolute Gasteiger partial charge is 0.0925 e. The second-order valence-corrected chi connectivity index (χ2v) is 5.76. The molecule has 0 unspecified atom stereocenters. The molecule has 2 aromatic heterocycles. The SMILES string of the molecule is Cc1[nH]cnc1CN1CCC(Cc2cccnc2)CC1. The molecule has 106 valence electrons. The highest BCUT2D eigenvalue weighted by molar-refractivity contribution is 5.10. The monoisotopic (exact) mass is 270 g/mol. The maximum Gasteiger partial charge on any atom is 0.0925 e. The van der Waals surface area contributed by atoms with Gasteiger partial charge in [-0.05, 0) is 56.8 Å². The lowest BCUT2D eigenvalue weighted by Gasteiger charge is -2.31. The van der Waals surface area contributed by atoms with Crippen molar-refractivity contribution in [1.29, 1.82) is 0 Å². The zero-order chi connectivity index (χ0) is 13.8. The maximum absolute atomic E-state index is 4.39. The van der Waals surface area contributed by atoms with Gasteiger partial charge in [-0.2, -0.15) is 0 Å². The lowest BCUT2D eigenvalue weighted by Crippen LogP contribution is -2.34. The molecule has 0 saturated carbocycles. The molecule has 4 nitrogen and oxygen atoms in total. The van der Waals surface area contributed by atoms with E-state index in [2.05, 4.69) is 32.8 Å². The van der Waals surface area contributed by atoms with E-state index in [0.717, 1.165) is 12.5 Å². The molecule has 0 atom stereocenters. The Balaban J connectivity index is 1.49. The minimum absolute atomic E-state index is 0.802. The van der Waals surface area contributed by atoms with Gasteiger partial charge in [0.1, 0.15) is 0 Å². The van der Waals surface area contributed by atoms with E-state index in [4.69, 9.17) is 0 Å². The van der Waals surface area contributed by atoms with Gasteiger partial charge >= 0.3 is 0 Å². The normalized spacial score (nSPS) is 17.4. The molecule has 3 heterocycles. The number of aromatic nitrogens is 3. The first-order valence-electron chi connectivity index (χ1n) is 7.41. The van der Waals surface area contributed by atoms with Crippen LogP contribution < -0.4 is 0 Å². The van der Waals surface area contributed by atoms with Crippen molar-refractivity contribution in [3.05, 3.63) is 47.8 Å². The van der Waals surface area contributed by atoms with Crippen molar-refractivity contribution in [2.45, 2.75) is 32.7 Å². The van der Waals surface area contributed by atoms with Crippen molar-refractivity contribution in [1.82, 2.24) is 19.9 Å². The second-order valence-electron chi connectivity index (χ2n) is 5.76. The van der Waals surface area contributed by atoms with Gasteiger partial charge in [-0.15, -0.1) is 0 Å². The number of likely N-dealkylation sites (tertiary alicyclic amines) is 1. The quantitative estimate of drug-likeness (QED) is 0.928. The zero-order valence-electron chi connectivity index (χ0n) is 12.0. The Kier molecular flexibility index (Phi) is 4.11. The lowest BCUT2D eigenvalue weighted by atomic mass is 9.90. The third-order valence-electron chi connectivity index (χ3n) is 4.26. The number of pyridine rings is 1. The Bertz CT molecular complexity index is 526. The number of H-pyrrole nitrogens is 1. The van der Waals surface area contributed by atoms with Gasteiger partial charge in [-0.1, -0.05) is 6.07 Å². The fourth-order valence-electron chi connectivity index (χ4n) is 2.96. The fourth-order valence-corrected chi connectivity index (χ4v) is 2.96. The summed E-state index contributed by atoms with van der Waals surface area (Å²) in [7, 11) is 0. The molecule has 1 aliphatic heterocycles. The number of hydrogen-bond donors (Lipinski definition) is 1. The van der Waals surface area contributed by atoms with Gasteiger partial charge in [0.25, 0.3) is 0 Å². The first-order chi connectivity index (χ1) is 9.81. The summed E-state index contributed by atoms with van der Waals surface area (Å²) in [4.78, 5) is 14.3. The molecule has 1 N–H and O–H groups in total. The van der Waals surface area contributed by atoms with E-state index in [9.17, 15) is 0 Å². The largest absolute Gasteiger partial charge is 0.348 e. The fraction of sp³-hybridized carbons (Fsp3) is 0.500. The summed E-state index contributed by atoms with van der Waals surface area (Å²) >= 11 is 0. The molecule has 3 rings (SSSR count). The van der Waals surface area contributed by atoms with E-state index in [1.165, 1.54) is 49.3 Å². The van der Waals surface area contributed by atoms with Gasteiger partial charge in [0, 0.05) is 24.6 Å². The summed E-state index contributed by atoms with van der Waals surface area (Å²) in [5.74, 6) is 0.802. The number of nitrogens with zero attached hydrogens (tertiary/aromatic N) is 3. The predicted molar refractivity (Wildman–Crippen MR) is 79.3 cm³/mol. The zero-order valence-corrected chi connectivity index (χ0v) is 12.0. The number of aromatic amines is 1. The molecular formula is C16H22N4. The van der Waals surface area contributed by atoms with Gasteiger partial charge in [-0.3, -0.25) is 9.88 Å². The summed E-state index contributed by atoms with van der Waals surface area (Å²) in [5, 5.41) is 0. The van der Waals surface area contributed by atoms with Crippen molar-refractivity contribution < 1.29 is 0 Å². The molecule has 0 aliphatic carbocycles. The van der Waals surface area contributed by atoms with Gasteiger partial charge in [0.05, 0.1) is 12.0 Å². The standard InChI is InChI=1S/C16H22N4/c1-13-16(19-12-18-13)11-20-7-4-14(5-8-20)9-15-3-2-6-17-10-15/h2-3,6,10,12,14H,4-5,7-9,11H2,1H3,(H,18,19). The van der Waals surface area contributed by atoms with Crippen LogP contribution in [0.3, 0.4) is 0 Å². The van der Waals surface area contributed by atoms with Crippen LogP contribution in [0.1, 0.15) is 29.8 Å². The molecule has 0 spiro atoms. The van der Waals surface area contributed by atoms with Crippen LogP contribution >= 0.6 is 0 Å². The lowest BCUT2D eigenvalue weighted by molar-refractivity contribution is 0.175. The highest BCUT2D eigenvalue weighted by Crippen LogP contribution is 2.22. The number of piperidine rings is 1. The van der Waals surface area contributed by atoms with Crippen LogP contribution in [0.15, 0.2) is 30.9 Å². The van der Waals surface area contributed by atoms with Crippen molar-refractivity contribution in [3.8, 4) is 0 Å². The molecule has 0 bridgehead atoms. The molecule has 1 saturated heterocycles. The Morgan fingerprint density at radius 2 is 2.20 bits per heavy atom. The first kappa shape index (κ1) is 13.3. The third kappa shape index (κ3) is 3.25. The van der Waals surface area contributed by atoms with Gasteiger partial charge in [0.15, 0.2) is 0 Å².